The molecule has 0 spiro atoms. The number of carbonyl (C=O) groups excluding carboxylic acids is 3. The maximum atomic E-state index is 12.4. The Bertz CT molecular complexity index is 788. The zero-order valence-corrected chi connectivity index (χ0v) is 13.5. The van der Waals surface area contributed by atoms with Crippen LogP contribution in [0.15, 0.2) is 48.7 Å². The summed E-state index contributed by atoms with van der Waals surface area (Å²) in [6.07, 6.45) is 3.44. The summed E-state index contributed by atoms with van der Waals surface area (Å²) < 4.78 is 0. The van der Waals surface area contributed by atoms with Crippen LogP contribution in [0.25, 0.3) is 0 Å². The second-order valence-electron chi connectivity index (χ2n) is 5.75. The van der Waals surface area contributed by atoms with Crippen molar-refractivity contribution in [1.29, 1.82) is 0 Å². The number of rotatable bonds is 5. The van der Waals surface area contributed by atoms with Crippen molar-refractivity contribution in [3.05, 3.63) is 59.9 Å². The quantitative estimate of drug-likeness (QED) is 0.714. The average molecular weight is 338 g/mol. The Morgan fingerprint density at radius 1 is 1.00 bits per heavy atom. The van der Waals surface area contributed by atoms with Crippen molar-refractivity contribution in [2.75, 3.05) is 5.32 Å². The van der Waals surface area contributed by atoms with E-state index in [1.807, 2.05) is 6.07 Å². The van der Waals surface area contributed by atoms with Crippen molar-refractivity contribution in [2.45, 2.75) is 25.4 Å². The number of hydrogen-bond acceptors (Lipinski definition) is 4. The van der Waals surface area contributed by atoms with Gasteiger partial charge in [-0.25, -0.2) is 0 Å². The van der Waals surface area contributed by atoms with Gasteiger partial charge in [-0.05, 0) is 37.1 Å². The molecule has 1 fully saturated rings. The van der Waals surface area contributed by atoms with Crippen LogP contribution >= 0.6 is 0 Å². The molecule has 1 aliphatic rings. The fourth-order valence-electron chi connectivity index (χ4n) is 2.22. The molecule has 1 aliphatic carbocycles. The number of pyridine rings is 1. The molecule has 1 heterocycles. The molecule has 25 heavy (non-hydrogen) atoms. The topological polar surface area (TPSA) is 100 Å². The van der Waals surface area contributed by atoms with Crippen LogP contribution in [0.1, 0.15) is 28.9 Å². The zero-order valence-electron chi connectivity index (χ0n) is 13.5. The molecular formula is C18H18N4O3. The number of nitrogens with one attached hydrogen (secondary N) is 3. The van der Waals surface area contributed by atoms with Gasteiger partial charge in [-0.15, -0.1) is 0 Å². The Kier molecular flexibility index (Phi) is 5.03. The molecule has 0 bridgehead atoms. The van der Waals surface area contributed by atoms with Crippen LogP contribution in [0.4, 0.5) is 5.69 Å². The largest absolute Gasteiger partial charge is 0.346 e. The van der Waals surface area contributed by atoms with Crippen LogP contribution in [-0.4, -0.2) is 28.7 Å². The molecule has 1 aromatic heterocycles. The number of amides is 3. The fraction of sp³-hybridized carbons (Fsp3) is 0.222. The number of anilines is 1. The molecule has 1 saturated carbocycles. The summed E-state index contributed by atoms with van der Waals surface area (Å²) in [7, 11) is 0. The van der Waals surface area contributed by atoms with Crippen molar-refractivity contribution < 1.29 is 14.4 Å². The number of nitrogens with zero attached hydrogens (tertiary/aromatic N) is 1. The highest BCUT2D eigenvalue weighted by Crippen LogP contribution is 2.19. The van der Waals surface area contributed by atoms with Crippen molar-refractivity contribution in [2.24, 2.45) is 0 Å². The molecule has 0 saturated heterocycles. The molecule has 0 aliphatic heterocycles. The Balaban J connectivity index is 1.64. The zero-order chi connectivity index (χ0) is 17.6. The van der Waals surface area contributed by atoms with E-state index in [2.05, 4.69) is 20.9 Å². The van der Waals surface area contributed by atoms with Crippen LogP contribution in [0, 0.1) is 0 Å². The molecule has 2 aromatic rings. The molecule has 0 atom stereocenters. The number of carbonyl (C=O) groups is 3. The Labute approximate surface area is 144 Å². The monoisotopic (exact) mass is 338 g/mol. The Morgan fingerprint density at radius 3 is 2.48 bits per heavy atom. The lowest BCUT2D eigenvalue weighted by molar-refractivity contribution is -0.136. The van der Waals surface area contributed by atoms with E-state index in [9.17, 15) is 14.4 Å². The van der Waals surface area contributed by atoms with Gasteiger partial charge in [0.1, 0.15) is 0 Å². The van der Waals surface area contributed by atoms with Gasteiger partial charge in [0.05, 0.1) is 23.5 Å². The highest BCUT2D eigenvalue weighted by molar-refractivity contribution is 6.40. The molecule has 0 unspecified atom stereocenters. The minimum absolute atomic E-state index is 0.0927. The van der Waals surface area contributed by atoms with Crippen LogP contribution in [-0.2, 0) is 16.1 Å². The van der Waals surface area contributed by atoms with Gasteiger partial charge < -0.3 is 16.0 Å². The van der Waals surface area contributed by atoms with Crippen LogP contribution in [0.5, 0.6) is 0 Å². The maximum absolute atomic E-state index is 12.4. The standard InChI is InChI=1S/C18H18N4O3/c23-16(20-11-13-5-3-4-10-19-13)14-6-1-2-7-15(14)22-18(25)17(24)21-12-8-9-12/h1-7,10,12H,8-9,11H2,(H,20,23)(H,21,24)(H,22,25). The third-order valence-electron chi connectivity index (χ3n) is 3.69. The minimum Gasteiger partial charge on any atom is -0.346 e. The van der Waals surface area contributed by atoms with Gasteiger partial charge in [0.15, 0.2) is 0 Å². The van der Waals surface area contributed by atoms with Crippen molar-refractivity contribution in [3.63, 3.8) is 0 Å². The molecule has 7 nitrogen and oxygen atoms in total. The molecule has 0 radical (unpaired) electrons. The molecule has 3 N–H and O–H groups in total. The fourth-order valence-corrected chi connectivity index (χ4v) is 2.22. The Hall–Kier alpha value is -3.22. The first-order chi connectivity index (χ1) is 12.1. The SMILES string of the molecule is O=C(Nc1ccccc1C(=O)NCc1ccccn1)C(=O)NC1CC1. The normalized spacial score (nSPS) is 13.0. The van der Waals surface area contributed by atoms with E-state index in [-0.39, 0.29) is 29.7 Å². The van der Waals surface area contributed by atoms with Crippen molar-refractivity contribution in [3.8, 4) is 0 Å². The predicted molar refractivity (Wildman–Crippen MR) is 91.6 cm³/mol. The van der Waals surface area contributed by atoms with Crippen molar-refractivity contribution >= 4 is 23.4 Å². The number of aromatic nitrogens is 1. The van der Waals surface area contributed by atoms with E-state index in [0.29, 0.717) is 0 Å². The van der Waals surface area contributed by atoms with Gasteiger partial charge in [0, 0.05) is 12.2 Å². The number of hydrogen-bond donors (Lipinski definition) is 3. The average Bonchev–Trinajstić information content (AvgIpc) is 3.45. The van der Waals surface area contributed by atoms with Gasteiger partial charge in [-0.3, -0.25) is 19.4 Å². The summed E-state index contributed by atoms with van der Waals surface area (Å²) in [5, 5.41) is 7.85. The van der Waals surface area contributed by atoms with E-state index in [0.717, 1.165) is 18.5 Å². The number of para-hydroxylation sites is 1. The molecule has 7 heteroatoms. The predicted octanol–water partition coefficient (Wildman–Crippen LogP) is 1.23. The summed E-state index contributed by atoms with van der Waals surface area (Å²) in [5.41, 5.74) is 1.30. The third kappa shape index (κ3) is 4.63. The van der Waals surface area contributed by atoms with Crippen LogP contribution in [0.3, 0.4) is 0 Å². The summed E-state index contributed by atoms with van der Waals surface area (Å²) in [5.74, 6) is -1.83. The third-order valence-corrected chi connectivity index (χ3v) is 3.69. The summed E-state index contributed by atoms with van der Waals surface area (Å²) in [4.78, 5) is 40.2. The van der Waals surface area contributed by atoms with Crippen LogP contribution in [0.2, 0.25) is 0 Å². The van der Waals surface area contributed by atoms with Gasteiger partial charge >= 0.3 is 11.8 Å². The number of benzene rings is 1. The van der Waals surface area contributed by atoms with Crippen molar-refractivity contribution in [1.82, 2.24) is 15.6 Å². The highest BCUT2D eigenvalue weighted by atomic mass is 16.2. The van der Waals surface area contributed by atoms with E-state index >= 15 is 0 Å². The smallest absolute Gasteiger partial charge is 0.313 e. The molecule has 3 amide bonds. The van der Waals surface area contributed by atoms with Gasteiger partial charge in [0.2, 0.25) is 0 Å². The van der Waals surface area contributed by atoms with E-state index in [1.54, 1.807) is 42.6 Å². The summed E-state index contributed by atoms with van der Waals surface area (Å²) in [6, 6.07) is 12.1. The van der Waals surface area contributed by atoms with E-state index in [4.69, 9.17) is 0 Å². The van der Waals surface area contributed by atoms with Gasteiger partial charge in [-0.1, -0.05) is 18.2 Å². The maximum Gasteiger partial charge on any atom is 0.313 e. The van der Waals surface area contributed by atoms with Gasteiger partial charge in [0.25, 0.3) is 5.91 Å². The van der Waals surface area contributed by atoms with E-state index < -0.39 is 11.8 Å². The minimum atomic E-state index is -0.781. The lowest BCUT2D eigenvalue weighted by Crippen LogP contribution is -2.37. The second-order valence-corrected chi connectivity index (χ2v) is 5.75. The van der Waals surface area contributed by atoms with Crippen LogP contribution < -0.4 is 16.0 Å². The van der Waals surface area contributed by atoms with E-state index in [1.165, 1.54) is 0 Å². The summed E-state index contributed by atoms with van der Waals surface area (Å²) in [6.45, 7) is 0.268. The molecule has 3 rings (SSSR count). The highest BCUT2D eigenvalue weighted by Gasteiger charge is 2.26. The summed E-state index contributed by atoms with van der Waals surface area (Å²) >= 11 is 0. The lowest BCUT2D eigenvalue weighted by atomic mass is 10.1. The first-order valence-corrected chi connectivity index (χ1v) is 8.02. The van der Waals surface area contributed by atoms with Gasteiger partial charge in [-0.2, -0.15) is 0 Å². The molecule has 1 aromatic carbocycles. The molecule has 128 valence electrons. The second kappa shape index (κ2) is 7.57. The molecular weight excluding hydrogens is 320 g/mol. The Morgan fingerprint density at radius 2 is 1.76 bits per heavy atom. The first kappa shape index (κ1) is 16.6. The first-order valence-electron chi connectivity index (χ1n) is 8.02. The lowest BCUT2D eigenvalue weighted by Gasteiger charge is -2.11.